The molecule has 0 spiro atoms. The van der Waals surface area contributed by atoms with E-state index in [0.29, 0.717) is 49.0 Å². The molecule has 0 radical (unpaired) electrons. The maximum Gasteiger partial charge on any atom is 0.267 e. The topological polar surface area (TPSA) is 68.3 Å². The molecule has 0 bridgehead atoms. The zero-order valence-corrected chi connectivity index (χ0v) is 19.1. The van der Waals surface area contributed by atoms with Crippen LogP contribution in [-0.2, 0) is 11.4 Å². The first-order chi connectivity index (χ1) is 17.1. The van der Waals surface area contributed by atoms with Gasteiger partial charge in [0.05, 0.1) is 5.56 Å². The number of amides is 2. The van der Waals surface area contributed by atoms with Crippen molar-refractivity contribution in [2.75, 3.05) is 32.8 Å². The molecule has 2 aliphatic rings. The van der Waals surface area contributed by atoms with E-state index in [-0.39, 0.29) is 30.8 Å². The van der Waals surface area contributed by atoms with E-state index in [2.05, 4.69) is 0 Å². The van der Waals surface area contributed by atoms with Crippen LogP contribution in [0, 0.1) is 5.82 Å². The van der Waals surface area contributed by atoms with Crippen LogP contribution in [0.1, 0.15) is 15.9 Å². The Hall–Kier alpha value is -4.07. The number of benzene rings is 3. The smallest absolute Gasteiger partial charge is 0.267 e. The van der Waals surface area contributed by atoms with E-state index < -0.39 is 6.10 Å². The molecule has 2 aliphatic heterocycles. The summed E-state index contributed by atoms with van der Waals surface area (Å²) in [5.74, 6) is 1.05. The number of halogens is 1. The summed E-state index contributed by atoms with van der Waals surface area (Å²) in [6.45, 7) is 2.00. The number of fused-ring (bicyclic) bond motifs is 1. The third-order valence-electron chi connectivity index (χ3n) is 6.09. The third-order valence-corrected chi connectivity index (χ3v) is 6.09. The van der Waals surface area contributed by atoms with Crippen molar-refractivity contribution in [3.63, 3.8) is 0 Å². The lowest BCUT2D eigenvalue weighted by Gasteiger charge is -2.37. The normalized spacial score (nSPS) is 17.1. The summed E-state index contributed by atoms with van der Waals surface area (Å²) in [4.78, 5) is 29.6. The minimum atomic E-state index is -0.701. The van der Waals surface area contributed by atoms with Gasteiger partial charge in [0.1, 0.15) is 24.8 Å². The molecule has 2 amide bonds. The molecule has 8 heteroatoms. The number of rotatable bonds is 5. The Morgan fingerprint density at radius 1 is 0.857 bits per heavy atom. The van der Waals surface area contributed by atoms with Gasteiger partial charge in [0, 0.05) is 26.2 Å². The highest BCUT2D eigenvalue weighted by Gasteiger charge is 2.34. The number of carbonyl (C=O) groups is 2. The molecule has 0 aromatic heterocycles. The van der Waals surface area contributed by atoms with E-state index in [4.69, 9.17) is 14.2 Å². The van der Waals surface area contributed by atoms with Gasteiger partial charge in [0.25, 0.3) is 11.8 Å². The fourth-order valence-electron chi connectivity index (χ4n) is 4.16. The third kappa shape index (κ3) is 5.06. The number of ether oxygens (including phenoxy) is 3. The van der Waals surface area contributed by atoms with Crippen molar-refractivity contribution in [1.82, 2.24) is 9.80 Å². The lowest BCUT2D eigenvalue weighted by molar-refractivity contribution is -0.142. The molecule has 0 N–H and O–H groups in total. The van der Waals surface area contributed by atoms with Crippen LogP contribution in [0.2, 0.25) is 0 Å². The lowest BCUT2D eigenvalue weighted by Crippen LogP contribution is -2.55. The van der Waals surface area contributed by atoms with E-state index in [1.54, 1.807) is 52.3 Å². The minimum absolute atomic E-state index is 0.144. The van der Waals surface area contributed by atoms with Gasteiger partial charge in [-0.25, -0.2) is 4.39 Å². The van der Waals surface area contributed by atoms with Gasteiger partial charge >= 0.3 is 0 Å². The van der Waals surface area contributed by atoms with Crippen molar-refractivity contribution in [3.8, 4) is 17.2 Å². The summed E-state index contributed by atoms with van der Waals surface area (Å²) >= 11 is 0. The van der Waals surface area contributed by atoms with Gasteiger partial charge in [0.2, 0.25) is 6.10 Å². The molecule has 0 unspecified atom stereocenters. The summed E-state index contributed by atoms with van der Waals surface area (Å²) in [7, 11) is 0. The average molecular weight is 477 g/mol. The highest BCUT2D eigenvalue weighted by molar-refractivity contribution is 5.97. The molecule has 0 aliphatic carbocycles. The number of carbonyl (C=O) groups excluding carboxylic acids is 2. The van der Waals surface area contributed by atoms with Crippen molar-refractivity contribution in [1.29, 1.82) is 0 Å². The molecular formula is C27H25FN2O5. The van der Waals surface area contributed by atoms with Gasteiger partial charge in [-0.05, 0) is 42.0 Å². The Bertz CT molecular complexity index is 1210. The second kappa shape index (κ2) is 10.0. The van der Waals surface area contributed by atoms with Gasteiger partial charge in [-0.3, -0.25) is 9.59 Å². The summed E-state index contributed by atoms with van der Waals surface area (Å²) in [5.41, 5.74) is 1.26. The van der Waals surface area contributed by atoms with Crippen LogP contribution in [-0.4, -0.2) is 60.5 Å². The van der Waals surface area contributed by atoms with E-state index in [0.717, 1.165) is 5.56 Å². The molecule has 0 saturated carbocycles. The molecule has 2 heterocycles. The number of nitrogens with zero attached hydrogens (tertiary/aromatic N) is 2. The van der Waals surface area contributed by atoms with Gasteiger partial charge in [-0.2, -0.15) is 0 Å². The van der Waals surface area contributed by atoms with E-state index in [9.17, 15) is 14.0 Å². The maximum absolute atomic E-state index is 13.2. The fourth-order valence-corrected chi connectivity index (χ4v) is 4.16. The predicted molar refractivity (Wildman–Crippen MR) is 126 cm³/mol. The zero-order valence-electron chi connectivity index (χ0n) is 19.1. The fraction of sp³-hybridized carbons (Fsp3) is 0.259. The number of hydrogen-bond donors (Lipinski definition) is 0. The first-order valence-electron chi connectivity index (χ1n) is 11.5. The number of para-hydroxylation sites is 3. The average Bonchev–Trinajstić information content (AvgIpc) is 2.92. The molecule has 1 fully saturated rings. The monoisotopic (exact) mass is 476 g/mol. The van der Waals surface area contributed by atoms with Crippen LogP contribution in [0.25, 0.3) is 0 Å². The molecule has 7 nitrogen and oxygen atoms in total. The first kappa shape index (κ1) is 22.7. The van der Waals surface area contributed by atoms with Gasteiger partial charge in [-0.15, -0.1) is 0 Å². The standard InChI is InChI=1S/C27H25FN2O5/c28-20-11-9-19(10-12-20)17-33-22-6-2-1-5-21(22)26(31)29-13-15-30(16-14-29)27(32)25-18-34-23-7-3-4-8-24(23)35-25/h1-12,25H,13-18H2/t25-/m1/s1. The predicted octanol–water partition coefficient (Wildman–Crippen LogP) is 3.53. The maximum atomic E-state index is 13.2. The Kier molecular flexibility index (Phi) is 6.52. The molecule has 3 aromatic carbocycles. The number of piperazine rings is 1. The summed E-state index contributed by atoms with van der Waals surface area (Å²) in [6, 6.07) is 20.4. The lowest BCUT2D eigenvalue weighted by atomic mass is 10.1. The van der Waals surface area contributed by atoms with Crippen LogP contribution in [0.3, 0.4) is 0 Å². The van der Waals surface area contributed by atoms with Crippen molar-refractivity contribution < 1.29 is 28.2 Å². The molecule has 1 saturated heterocycles. The van der Waals surface area contributed by atoms with Crippen LogP contribution in [0.5, 0.6) is 17.2 Å². The Balaban J connectivity index is 1.18. The highest BCUT2D eigenvalue weighted by atomic mass is 19.1. The van der Waals surface area contributed by atoms with Crippen LogP contribution >= 0.6 is 0 Å². The van der Waals surface area contributed by atoms with Crippen molar-refractivity contribution >= 4 is 11.8 Å². The summed E-state index contributed by atoms with van der Waals surface area (Å²) in [5, 5.41) is 0. The molecule has 35 heavy (non-hydrogen) atoms. The van der Waals surface area contributed by atoms with Crippen LogP contribution < -0.4 is 14.2 Å². The quantitative estimate of drug-likeness (QED) is 0.564. The zero-order chi connectivity index (χ0) is 24.2. The van der Waals surface area contributed by atoms with Gasteiger partial charge in [-0.1, -0.05) is 36.4 Å². The molecule has 180 valence electrons. The molecule has 3 aromatic rings. The van der Waals surface area contributed by atoms with Gasteiger partial charge < -0.3 is 24.0 Å². The van der Waals surface area contributed by atoms with Crippen LogP contribution in [0.15, 0.2) is 72.8 Å². The van der Waals surface area contributed by atoms with Crippen molar-refractivity contribution in [2.24, 2.45) is 0 Å². The second-order valence-corrected chi connectivity index (χ2v) is 8.39. The molecule has 5 rings (SSSR count). The van der Waals surface area contributed by atoms with E-state index in [1.807, 2.05) is 18.2 Å². The van der Waals surface area contributed by atoms with E-state index >= 15 is 0 Å². The minimum Gasteiger partial charge on any atom is -0.488 e. The Morgan fingerprint density at radius 3 is 2.29 bits per heavy atom. The van der Waals surface area contributed by atoms with Crippen molar-refractivity contribution in [2.45, 2.75) is 12.7 Å². The SMILES string of the molecule is O=C(c1ccccc1OCc1ccc(F)cc1)N1CCN(C(=O)[C@H]2COc3ccccc3O2)CC1. The Morgan fingerprint density at radius 2 is 1.51 bits per heavy atom. The largest absolute Gasteiger partial charge is 0.488 e. The van der Waals surface area contributed by atoms with E-state index in [1.165, 1.54) is 12.1 Å². The second-order valence-electron chi connectivity index (χ2n) is 8.39. The highest BCUT2D eigenvalue weighted by Crippen LogP contribution is 2.31. The summed E-state index contributed by atoms with van der Waals surface area (Å²) < 4.78 is 30.5. The van der Waals surface area contributed by atoms with Crippen LogP contribution in [0.4, 0.5) is 4.39 Å². The van der Waals surface area contributed by atoms with Gasteiger partial charge in [0.15, 0.2) is 11.5 Å². The van der Waals surface area contributed by atoms with Crippen molar-refractivity contribution in [3.05, 3.63) is 89.7 Å². The summed E-state index contributed by atoms with van der Waals surface area (Å²) in [6.07, 6.45) is -0.701. The molecule has 1 atom stereocenters. The molecular weight excluding hydrogens is 451 g/mol. The Labute approximate surface area is 202 Å². The number of hydrogen-bond acceptors (Lipinski definition) is 5. The first-order valence-corrected chi connectivity index (χ1v) is 11.5.